The van der Waals surface area contributed by atoms with Gasteiger partial charge in [-0.05, 0) is 18.6 Å². The minimum Gasteiger partial charge on any atom is -0.503 e. The lowest BCUT2D eigenvalue weighted by atomic mass is 9.93. The molecule has 2 rings (SSSR count). The molecule has 0 aliphatic carbocycles. The second-order valence-electron chi connectivity index (χ2n) is 6.14. The molecule has 2 heterocycles. The van der Waals surface area contributed by atoms with Crippen molar-refractivity contribution in [1.29, 1.82) is 0 Å². The molecule has 1 aromatic rings. The highest BCUT2D eigenvalue weighted by atomic mass is 16.3. The van der Waals surface area contributed by atoms with Crippen molar-refractivity contribution < 1.29 is 14.7 Å². The summed E-state index contributed by atoms with van der Waals surface area (Å²) in [6.45, 7) is 6.13. The van der Waals surface area contributed by atoms with Gasteiger partial charge in [0.25, 0.3) is 5.91 Å². The van der Waals surface area contributed by atoms with Crippen LogP contribution in [0.1, 0.15) is 51.8 Å². The highest BCUT2D eigenvalue weighted by Gasteiger charge is 2.44. The Morgan fingerprint density at radius 2 is 2.09 bits per heavy atom. The maximum atomic E-state index is 12.5. The van der Waals surface area contributed by atoms with E-state index in [2.05, 4.69) is 11.9 Å². The van der Waals surface area contributed by atoms with Crippen LogP contribution < -0.4 is 0 Å². The van der Waals surface area contributed by atoms with Crippen LogP contribution >= 0.6 is 0 Å². The van der Waals surface area contributed by atoms with Crippen LogP contribution in [0.25, 0.3) is 0 Å². The third-order valence-corrected chi connectivity index (χ3v) is 4.06. The summed E-state index contributed by atoms with van der Waals surface area (Å²) in [7, 11) is 0. The molecule has 1 aliphatic heterocycles. The van der Waals surface area contributed by atoms with E-state index in [1.54, 1.807) is 37.1 Å². The molecule has 0 bridgehead atoms. The number of rotatable bonds is 7. The fourth-order valence-electron chi connectivity index (χ4n) is 2.82. The van der Waals surface area contributed by atoms with E-state index in [0.717, 1.165) is 19.3 Å². The fourth-order valence-corrected chi connectivity index (χ4v) is 2.82. The summed E-state index contributed by atoms with van der Waals surface area (Å²) in [4.78, 5) is 30.9. The Kier molecular flexibility index (Phi) is 5.53. The number of aliphatic hydroxyl groups excluding tert-OH is 1. The number of carbonyl (C=O) groups excluding carboxylic acids is 2. The minimum absolute atomic E-state index is 0.181. The highest BCUT2D eigenvalue weighted by Crippen LogP contribution is 2.38. The van der Waals surface area contributed by atoms with Crippen molar-refractivity contribution in [2.75, 3.05) is 6.54 Å². The van der Waals surface area contributed by atoms with Gasteiger partial charge >= 0.3 is 0 Å². The normalized spacial score (nSPS) is 18.2. The third-order valence-electron chi connectivity index (χ3n) is 4.06. The van der Waals surface area contributed by atoms with Crippen LogP contribution in [-0.4, -0.2) is 33.2 Å². The molecule has 1 atom stereocenters. The quantitative estimate of drug-likeness (QED) is 0.784. The van der Waals surface area contributed by atoms with Crippen molar-refractivity contribution in [1.82, 2.24) is 9.88 Å². The smallest absolute Gasteiger partial charge is 0.290 e. The predicted molar refractivity (Wildman–Crippen MR) is 87.7 cm³/mol. The number of amides is 1. The Morgan fingerprint density at radius 3 is 2.65 bits per heavy atom. The van der Waals surface area contributed by atoms with Gasteiger partial charge in [-0.2, -0.15) is 0 Å². The average molecular weight is 316 g/mol. The lowest BCUT2D eigenvalue weighted by molar-refractivity contribution is -0.129. The molecule has 1 N–H and O–H groups in total. The first-order valence-corrected chi connectivity index (χ1v) is 8.18. The van der Waals surface area contributed by atoms with Crippen molar-refractivity contribution in [3.8, 4) is 0 Å². The Labute approximate surface area is 137 Å². The van der Waals surface area contributed by atoms with Gasteiger partial charge in [-0.15, -0.1) is 0 Å². The average Bonchev–Trinajstić information content (AvgIpc) is 2.80. The van der Waals surface area contributed by atoms with Gasteiger partial charge in [-0.1, -0.05) is 39.7 Å². The SMILES string of the molecule is CCCCCN1C(=O)C(O)=C(C(=O)C(C)C)C1c1ccccn1. The van der Waals surface area contributed by atoms with Crippen molar-refractivity contribution in [2.24, 2.45) is 5.92 Å². The number of carbonyl (C=O) groups is 2. The number of hydrogen-bond acceptors (Lipinski definition) is 4. The van der Waals surface area contributed by atoms with E-state index in [9.17, 15) is 14.7 Å². The number of unbranched alkanes of at least 4 members (excludes halogenated alkanes) is 2. The van der Waals surface area contributed by atoms with Crippen LogP contribution in [0.15, 0.2) is 35.7 Å². The van der Waals surface area contributed by atoms with Crippen molar-refractivity contribution in [3.63, 3.8) is 0 Å². The molecule has 1 aliphatic rings. The van der Waals surface area contributed by atoms with E-state index < -0.39 is 17.7 Å². The molecule has 1 aromatic heterocycles. The zero-order valence-electron chi connectivity index (χ0n) is 14.0. The molecule has 0 saturated heterocycles. The van der Waals surface area contributed by atoms with Gasteiger partial charge in [0, 0.05) is 18.7 Å². The number of aliphatic hydroxyl groups is 1. The maximum Gasteiger partial charge on any atom is 0.290 e. The van der Waals surface area contributed by atoms with E-state index in [4.69, 9.17) is 0 Å². The van der Waals surface area contributed by atoms with Crippen LogP contribution in [0.3, 0.4) is 0 Å². The molecular weight excluding hydrogens is 292 g/mol. The number of aromatic nitrogens is 1. The van der Waals surface area contributed by atoms with E-state index in [-0.39, 0.29) is 17.3 Å². The standard InChI is InChI=1S/C18H24N2O3/c1-4-5-8-11-20-15(13-9-6-7-10-19-13)14(16(21)12(2)3)17(22)18(20)23/h6-7,9-10,12,15,22H,4-5,8,11H2,1-3H3. The number of pyridine rings is 1. The van der Waals surface area contributed by atoms with Crippen molar-refractivity contribution >= 4 is 11.7 Å². The maximum absolute atomic E-state index is 12.5. The summed E-state index contributed by atoms with van der Waals surface area (Å²) in [6.07, 6.45) is 4.50. The first-order valence-electron chi connectivity index (χ1n) is 8.18. The number of ketones is 1. The molecule has 5 nitrogen and oxygen atoms in total. The third kappa shape index (κ3) is 3.44. The largest absolute Gasteiger partial charge is 0.503 e. The Bertz CT molecular complexity index is 608. The zero-order valence-corrected chi connectivity index (χ0v) is 14.0. The van der Waals surface area contributed by atoms with E-state index in [1.165, 1.54) is 0 Å². The number of nitrogens with zero attached hydrogens (tertiary/aromatic N) is 2. The van der Waals surface area contributed by atoms with Crippen LogP contribution in [0.4, 0.5) is 0 Å². The fraction of sp³-hybridized carbons (Fsp3) is 0.500. The van der Waals surface area contributed by atoms with Gasteiger partial charge in [0.15, 0.2) is 11.5 Å². The van der Waals surface area contributed by atoms with Gasteiger partial charge in [0.2, 0.25) is 0 Å². The van der Waals surface area contributed by atoms with E-state index >= 15 is 0 Å². The van der Waals surface area contributed by atoms with Gasteiger partial charge in [0.05, 0.1) is 11.3 Å². The van der Waals surface area contributed by atoms with Crippen LogP contribution in [0.2, 0.25) is 0 Å². The molecule has 0 fully saturated rings. The number of Topliss-reactive ketones (excluding diaryl/α,β-unsaturated/α-hetero) is 1. The monoisotopic (exact) mass is 316 g/mol. The van der Waals surface area contributed by atoms with Gasteiger partial charge in [-0.25, -0.2) is 0 Å². The molecule has 0 spiro atoms. The van der Waals surface area contributed by atoms with Gasteiger partial charge < -0.3 is 10.0 Å². The lowest BCUT2D eigenvalue weighted by Crippen LogP contribution is -2.32. The van der Waals surface area contributed by atoms with Crippen LogP contribution in [0, 0.1) is 5.92 Å². The molecule has 0 saturated carbocycles. The molecule has 1 amide bonds. The summed E-state index contributed by atoms with van der Waals surface area (Å²) >= 11 is 0. The molecule has 5 heteroatoms. The Morgan fingerprint density at radius 1 is 1.35 bits per heavy atom. The highest BCUT2D eigenvalue weighted by molar-refractivity contribution is 6.09. The van der Waals surface area contributed by atoms with E-state index in [0.29, 0.717) is 12.2 Å². The molecule has 124 valence electrons. The first-order chi connectivity index (χ1) is 11.0. The van der Waals surface area contributed by atoms with E-state index in [1.807, 2.05) is 6.07 Å². The predicted octanol–water partition coefficient (Wildman–Crippen LogP) is 3.19. The summed E-state index contributed by atoms with van der Waals surface area (Å²) in [6, 6.07) is 4.81. The summed E-state index contributed by atoms with van der Waals surface area (Å²) in [5, 5.41) is 10.3. The van der Waals surface area contributed by atoms with Crippen molar-refractivity contribution in [2.45, 2.75) is 46.1 Å². The summed E-state index contributed by atoms with van der Waals surface area (Å²) in [5.74, 6) is -1.39. The topological polar surface area (TPSA) is 70.5 Å². The minimum atomic E-state index is -0.588. The summed E-state index contributed by atoms with van der Waals surface area (Å²) < 4.78 is 0. The molecular formula is C18H24N2O3. The molecule has 1 unspecified atom stereocenters. The van der Waals surface area contributed by atoms with Gasteiger partial charge in [-0.3, -0.25) is 14.6 Å². The lowest BCUT2D eigenvalue weighted by Gasteiger charge is -2.26. The Hall–Kier alpha value is -2.17. The zero-order chi connectivity index (χ0) is 17.0. The van der Waals surface area contributed by atoms with Gasteiger partial charge in [0.1, 0.15) is 6.04 Å². The molecule has 0 aromatic carbocycles. The molecule has 0 radical (unpaired) electrons. The first kappa shape index (κ1) is 17.2. The van der Waals surface area contributed by atoms with Crippen LogP contribution in [0.5, 0.6) is 0 Å². The number of hydrogen-bond donors (Lipinski definition) is 1. The second-order valence-corrected chi connectivity index (χ2v) is 6.14. The van der Waals surface area contributed by atoms with Crippen LogP contribution in [-0.2, 0) is 9.59 Å². The second kappa shape index (κ2) is 7.40. The molecule has 23 heavy (non-hydrogen) atoms. The summed E-state index contributed by atoms with van der Waals surface area (Å²) in [5.41, 5.74) is 0.797. The Balaban J connectivity index is 2.42. The van der Waals surface area contributed by atoms with Crippen molar-refractivity contribution in [3.05, 3.63) is 41.4 Å².